The predicted molar refractivity (Wildman–Crippen MR) is 58.3 cm³/mol. The van der Waals surface area contributed by atoms with Gasteiger partial charge in [-0.05, 0) is 23.1 Å². The average Bonchev–Trinajstić information content (AvgIpc) is 2.15. The van der Waals surface area contributed by atoms with Crippen LogP contribution >= 0.6 is 0 Å². The Bertz CT molecular complexity index is 496. The van der Waals surface area contributed by atoms with Crippen molar-refractivity contribution in [1.82, 2.24) is 0 Å². The Hall–Kier alpha value is -0.970. The zero-order chi connectivity index (χ0) is 13.5. The van der Waals surface area contributed by atoms with E-state index in [9.17, 15) is 17.2 Å². The van der Waals surface area contributed by atoms with E-state index in [1.165, 1.54) is 12.1 Å². The molecule has 0 fully saturated rings. The normalized spacial score (nSPS) is 14.7. The summed E-state index contributed by atoms with van der Waals surface area (Å²) in [5.41, 5.74) is -3.85. The first kappa shape index (κ1) is 11.5. The summed E-state index contributed by atoms with van der Waals surface area (Å²) in [5, 5.41) is 0. The van der Waals surface area contributed by atoms with Crippen LogP contribution in [-0.4, -0.2) is 14.2 Å². The fourth-order valence-electron chi connectivity index (χ4n) is 1.22. The molecule has 1 rings (SSSR count). The van der Waals surface area contributed by atoms with Crippen LogP contribution in [0, 0.1) is 0 Å². The lowest BCUT2D eigenvalue weighted by molar-refractivity contribution is 0.234. The Kier molecular flexibility index (Phi) is 2.97. The molecule has 0 radical (unpaired) electrons. The van der Waals surface area contributed by atoms with Gasteiger partial charge in [0.1, 0.15) is 1.37 Å². The molecule has 0 heterocycles. The first-order valence-corrected chi connectivity index (χ1v) is 6.17. The number of alkyl halides is 2. The molecule has 0 aliphatic heterocycles. The van der Waals surface area contributed by atoms with E-state index < -0.39 is 20.5 Å². The molecule has 0 saturated heterocycles. The molecule has 1 aromatic rings. The van der Waals surface area contributed by atoms with Gasteiger partial charge in [0, 0.05) is 0 Å². The second kappa shape index (κ2) is 4.13. The summed E-state index contributed by atoms with van der Waals surface area (Å²) in [6, 6.07) is 5.19. The maximum absolute atomic E-state index is 12.6. The highest BCUT2D eigenvalue weighted by Crippen LogP contribution is 2.25. The van der Waals surface area contributed by atoms with Crippen LogP contribution in [0.3, 0.4) is 0 Å². The molecular weight excluding hydrogens is 234 g/mol. The standard InChI is InChI=1S/C11H14F2O2S/c1-11(2,3)8-4-6-9(7-5-8)16(14,15)10(12)13/h4-7,10H,1-3H3/i10D. The number of sulfone groups is 1. The smallest absolute Gasteiger partial charge is 0.218 e. The van der Waals surface area contributed by atoms with Crippen LogP contribution in [0.4, 0.5) is 8.78 Å². The van der Waals surface area contributed by atoms with Crippen LogP contribution < -0.4 is 0 Å². The molecule has 16 heavy (non-hydrogen) atoms. The van der Waals surface area contributed by atoms with E-state index in [0.29, 0.717) is 0 Å². The number of hydrogen-bond donors (Lipinski definition) is 0. The monoisotopic (exact) mass is 249 g/mol. The van der Waals surface area contributed by atoms with Crippen molar-refractivity contribution in [2.45, 2.75) is 36.8 Å². The Morgan fingerprint density at radius 1 is 1.19 bits per heavy atom. The fraction of sp³-hybridized carbons (Fsp3) is 0.455. The number of halogens is 2. The summed E-state index contributed by atoms with van der Waals surface area (Å²) in [5.74, 6) is 0. The molecule has 0 aromatic heterocycles. The van der Waals surface area contributed by atoms with Crippen molar-refractivity contribution in [1.29, 1.82) is 0 Å². The topological polar surface area (TPSA) is 34.1 Å². The van der Waals surface area contributed by atoms with E-state index in [1.54, 1.807) is 0 Å². The van der Waals surface area contributed by atoms with E-state index in [-0.39, 0.29) is 5.41 Å². The van der Waals surface area contributed by atoms with E-state index in [0.717, 1.165) is 17.7 Å². The minimum atomic E-state index is -4.91. The summed E-state index contributed by atoms with van der Waals surface area (Å²) in [6.45, 7) is 5.78. The first-order valence-electron chi connectivity index (χ1n) is 5.19. The van der Waals surface area contributed by atoms with E-state index in [1.807, 2.05) is 20.8 Å². The number of rotatable bonds is 2. The van der Waals surface area contributed by atoms with Crippen molar-refractivity contribution >= 4 is 9.84 Å². The van der Waals surface area contributed by atoms with Crippen LogP contribution in [0.2, 0.25) is 0 Å². The van der Waals surface area contributed by atoms with Crippen LogP contribution in [0.5, 0.6) is 0 Å². The van der Waals surface area contributed by atoms with Crippen molar-refractivity contribution in [3.05, 3.63) is 29.8 Å². The highest BCUT2D eigenvalue weighted by Gasteiger charge is 2.26. The van der Waals surface area contributed by atoms with Gasteiger partial charge in [-0.3, -0.25) is 0 Å². The SMILES string of the molecule is [2H]C(F)(F)S(=O)(=O)c1ccc(C(C)(C)C)cc1. The van der Waals surface area contributed by atoms with Gasteiger partial charge in [0.15, 0.2) is 0 Å². The first-order chi connectivity index (χ1) is 7.46. The van der Waals surface area contributed by atoms with Crippen molar-refractivity contribution in [3.63, 3.8) is 0 Å². The van der Waals surface area contributed by atoms with Gasteiger partial charge in [-0.2, -0.15) is 8.78 Å². The third kappa shape index (κ3) is 2.58. The zero-order valence-corrected chi connectivity index (χ0v) is 10.1. The van der Waals surface area contributed by atoms with E-state index in [2.05, 4.69) is 0 Å². The Labute approximate surface area is 95.6 Å². The quantitative estimate of drug-likeness (QED) is 0.807. The largest absolute Gasteiger partial charge is 0.341 e. The van der Waals surface area contributed by atoms with Crippen LogP contribution in [0.25, 0.3) is 0 Å². The third-order valence-corrected chi connectivity index (χ3v) is 3.53. The molecule has 0 aliphatic carbocycles. The lowest BCUT2D eigenvalue weighted by Crippen LogP contribution is -2.13. The van der Waals surface area contributed by atoms with Gasteiger partial charge >= 0.3 is 5.73 Å². The molecule has 0 amide bonds. The van der Waals surface area contributed by atoms with Gasteiger partial charge in [0.25, 0.3) is 0 Å². The second-order valence-electron chi connectivity index (χ2n) is 4.50. The van der Waals surface area contributed by atoms with Gasteiger partial charge in [-0.25, -0.2) is 8.42 Å². The Morgan fingerprint density at radius 2 is 1.62 bits per heavy atom. The molecule has 0 unspecified atom stereocenters. The van der Waals surface area contributed by atoms with Crippen LogP contribution in [0.15, 0.2) is 29.2 Å². The molecule has 0 aliphatic rings. The molecule has 0 saturated carbocycles. The van der Waals surface area contributed by atoms with E-state index in [4.69, 9.17) is 1.37 Å². The summed E-state index contributed by atoms with van der Waals surface area (Å²) in [4.78, 5) is -0.537. The lowest BCUT2D eigenvalue weighted by Gasteiger charge is -2.19. The van der Waals surface area contributed by atoms with Gasteiger partial charge in [-0.15, -0.1) is 0 Å². The molecule has 0 N–H and O–H groups in total. The second-order valence-corrected chi connectivity index (χ2v) is 6.29. The highest BCUT2D eigenvalue weighted by atomic mass is 32.2. The zero-order valence-electron chi connectivity index (χ0n) is 10.3. The van der Waals surface area contributed by atoms with Gasteiger partial charge in [-0.1, -0.05) is 32.9 Å². The minimum absolute atomic E-state index is 0.189. The molecule has 5 heteroatoms. The molecule has 2 nitrogen and oxygen atoms in total. The highest BCUT2D eigenvalue weighted by molar-refractivity contribution is 7.91. The van der Waals surface area contributed by atoms with Crippen LogP contribution in [0.1, 0.15) is 27.7 Å². The maximum Gasteiger partial charge on any atom is 0.341 e. The molecule has 0 bridgehead atoms. The molecule has 1 aromatic carbocycles. The van der Waals surface area contributed by atoms with Crippen molar-refractivity contribution in [2.24, 2.45) is 0 Å². The summed E-state index contributed by atoms with van der Waals surface area (Å²) in [7, 11) is -4.91. The van der Waals surface area contributed by atoms with Gasteiger partial charge in [0.2, 0.25) is 9.84 Å². The van der Waals surface area contributed by atoms with Crippen molar-refractivity contribution in [2.75, 3.05) is 0 Å². The Morgan fingerprint density at radius 3 is 1.94 bits per heavy atom. The summed E-state index contributed by atoms with van der Waals surface area (Å²) in [6.07, 6.45) is 0. The fourth-order valence-corrected chi connectivity index (χ4v) is 1.90. The average molecular weight is 249 g/mol. The van der Waals surface area contributed by atoms with Gasteiger partial charge < -0.3 is 0 Å². The number of hydrogen-bond acceptors (Lipinski definition) is 2. The predicted octanol–water partition coefficient (Wildman–Crippen LogP) is 2.98. The summed E-state index contributed by atoms with van der Waals surface area (Å²) < 4.78 is 54.1. The van der Waals surface area contributed by atoms with Gasteiger partial charge in [0.05, 0.1) is 4.90 Å². The minimum Gasteiger partial charge on any atom is -0.218 e. The molecule has 0 spiro atoms. The van der Waals surface area contributed by atoms with E-state index >= 15 is 0 Å². The van der Waals surface area contributed by atoms with Crippen molar-refractivity contribution in [3.8, 4) is 0 Å². The summed E-state index contributed by atoms with van der Waals surface area (Å²) >= 11 is 0. The third-order valence-electron chi connectivity index (χ3n) is 2.23. The van der Waals surface area contributed by atoms with Crippen LogP contribution in [-0.2, 0) is 15.3 Å². The maximum atomic E-state index is 12.6. The molecule has 0 atom stereocenters. The Balaban J connectivity index is 3.22. The lowest BCUT2D eigenvalue weighted by atomic mass is 9.87. The van der Waals surface area contributed by atoms with Crippen molar-refractivity contribution < 1.29 is 18.6 Å². The number of benzene rings is 1. The molecular formula is C11H14F2O2S. The molecule has 90 valence electrons.